The maximum Gasteiger partial charge on any atom is 0.249 e. The zero-order chi connectivity index (χ0) is 11.0. The van der Waals surface area contributed by atoms with Gasteiger partial charge in [-0.05, 0) is 32.0 Å². The van der Waals surface area contributed by atoms with Crippen LogP contribution in [0, 0.1) is 0 Å². The second-order valence-corrected chi connectivity index (χ2v) is 4.33. The van der Waals surface area contributed by atoms with E-state index in [2.05, 4.69) is 10.6 Å². The Morgan fingerprint density at radius 3 is 2.80 bits per heavy atom. The van der Waals surface area contributed by atoms with Crippen molar-refractivity contribution in [2.75, 3.05) is 6.54 Å². The quantitative estimate of drug-likeness (QED) is 0.461. The number of rotatable bonds is 1. The van der Waals surface area contributed by atoms with Crippen LogP contribution in [0.4, 0.5) is 0 Å². The van der Waals surface area contributed by atoms with Crippen molar-refractivity contribution in [1.29, 1.82) is 0 Å². The summed E-state index contributed by atoms with van der Waals surface area (Å²) in [6.07, 6.45) is 2.23. The van der Waals surface area contributed by atoms with Gasteiger partial charge in [0.05, 0.1) is 0 Å². The second-order valence-electron chi connectivity index (χ2n) is 3.94. The van der Waals surface area contributed by atoms with Gasteiger partial charge in [-0.15, -0.1) is 0 Å². The van der Waals surface area contributed by atoms with Crippen LogP contribution in [0.2, 0.25) is 0 Å². The van der Waals surface area contributed by atoms with Crippen LogP contribution in [-0.2, 0) is 9.59 Å². The molecule has 0 aromatic rings. The molecule has 1 heterocycles. The van der Waals surface area contributed by atoms with E-state index in [0.717, 1.165) is 12.8 Å². The molecule has 1 saturated carbocycles. The summed E-state index contributed by atoms with van der Waals surface area (Å²) in [5.41, 5.74) is 0. The smallest absolute Gasteiger partial charge is 0.249 e. The zero-order valence-corrected chi connectivity index (χ0v) is 9.26. The van der Waals surface area contributed by atoms with E-state index in [1.807, 2.05) is 0 Å². The molecule has 2 aliphatic rings. The molecule has 0 bridgehead atoms. The number of hydrogen-bond acceptors (Lipinski definition) is 3. The normalized spacial score (nSPS) is 26.2. The molecule has 1 unspecified atom stereocenters. The minimum atomic E-state index is -0.374. The molecule has 6 heteroatoms. The zero-order valence-electron chi connectivity index (χ0n) is 8.45. The standard InChI is InChI=1S/C9H13N3O2S/c1-5-8(14)11-7(13)4-12(5)9(15)10-6-2-3-6/h5-6H,2-4H2,1H3,(H,10,15)(H,11,13,14). The highest BCUT2D eigenvalue weighted by Crippen LogP contribution is 2.19. The lowest BCUT2D eigenvalue weighted by atomic mass is 10.2. The van der Waals surface area contributed by atoms with E-state index < -0.39 is 0 Å². The van der Waals surface area contributed by atoms with Crippen molar-refractivity contribution in [3.05, 3.63) is 0 Å². The van der Waals surface area contributed by atoms with Crippen molar-refractivity contribution in [3.8, 4) is 0 Å². The molecule has 0 aromatic heterocycles. The fraction of sp³-hybridized carbons (Fsp3) is 0.667. The molecule has 1 aliphatic carbocycles. The average molecular weight is 227 g/mol. The van der Waals surface area contributed by atoms with Crippen molar-refractivity contribution in [1.82, 2.24) is 15.5 Å². The number of carbonyl (C=O) groups is 2. The molecule has 15 heavy (non-hydrogen) atoms. The Hall–Kier alpha value is -1.17. The number of imide groups is 1. The van der Waals surface area contributed by atoms with E-state index in [9.17, 15) is 9.59 Å². The van der Waals surface area contributed by atoms with Crippen molar-refractivity contribution >= 4 is 29.1 Å². The van der Waals surface area contributed by atoms with Crippen molar-refractivity contribution in [2.45, 2.75) is 31.8 Å². The molecule has 1 saturated heterocycles. The van der Waals surface area contributed by atoms with Gasteiger partial charge >= 0.3 is 0 Å². The molecule has 1 atom stereocenters. The van der Waals surface area contributed by atoms with Gasteiger partial charge in [0, 0.05) is 6.04 Å². The molecule has 5 nitrogen and oxygen atoms in total. The predicted molar refractivity (Wildman–Crippen MR) is 58.1 cm³/mol. The second kappa shape index (κ2) is 3.77. The van der Waals surface area contributed by atoms with Crippen LogP contribution in [-0.4, -0.2) is 40.5 Å². The van der Waals surface area contributed by atoms with Crippen LogP contribution in [0.15, 0.2) is 0 Å². The Morgan fingerprint density at radius 1 is 1.53 bits per heavy atom. The van der Waals surface area contributed by atoms with Crippen LogP contribution in [0.1, 0.15) is 19.8 Å². The first-order valence-electron chi connectivity index (χ1n) is 4.99. The van der Waals surface area contributed by atoms with Gasteiger partial charge in [-0.1, -0.05) is 0 Å². The van der Waals surface area contributed by atoms with Gasteiger partial charge < -0.3 is 10.2 Å². The molecule has 82 valence electrons. The van der Waals surface area contributed by atoms with Crippen LogP contribution >= 0.6 is 12.2 Å². The lowest BCUT2D eigenvalue weighted by molar-refractivity contribution is -0.137. The van der Waals surface area contributed by atoms with Gasteiger partial charge in [0.25, 0.3) is 0 Å². The topological polar surface area (TPSA) is 61.4 Å². The Morgan fingerprint density at radius 2 is 2.20 bits per heavy atom. The maximum absolute atomic E-state index is 11.4. The summed E-state index contributed by atoms with van der Waals surface area (Å²) in [5, 5.41) is 5.90. The number of hydrogen-bond donors (Lipinski definition) is 2. The number of nitrogens with zero attached hydrogens (tertiary/aromatic N) is 1. The Kier molecular flexibility index (Phi) is 2.60. The monoisotopic (exact) mass is 227 g/mol. The van der Waals surface area contributed by atoms with Crippen LogP contribution in [0.3, 0.4) is 0 Å². The largest absolute Gasteiger partial charge is 0.360 e. The number of piperazine rings is 1. The summed E-state index contributed by atoms with van der Waals surface area (Å²) < 4.78 is 0. The fourth-order valence-electron chi connectivity index (χ4n) is 1.45. The fourth-order valence-corrected chi connectivity index (χ4v) is 1.84. The summed E-state index contributed by atoms with van der Waals surface area (Å²) in [6.45, 7) is 1.90. The molecular weight excluding hydrogens is 214 g/mol. The summed E-state index contributed by atoms with van der Waals surface area (Å²) in [6, 6.07) is 0.0613. The first-order valence-corrected chi connectivity index (χ1v) is 5.39. The molecule has 0 aromatic carbocycles. The van der Waals surface area contributed by atoms with Crippen molar-refractivity contribution in [2.24, 2.45) is 0 Å². The third kappa shape index (κ3) is 2.26. The van der Waals surface area contributed by atoms with Gasteiger partial charge in [-0.2, -0.15) is 0 Å². The molecule has 2 rings (SSSR count). The van der Waals surface area contributed by atoms with Gasteiger partial charge in [-0.3, -0.25) is 14.9 Å². The van der Waals surface area contributed by atoms with Crippen LogP contribution in [0.5, 0.6) is 0 Å². The van der Waals surface area contributed by atoms with E-state index in [0.29, 0.717) is 11.2 Å². The van der Waals surface area contributed by atoms with E-state index in [1.165, 1.54) is 0 Å². The highest BCUT2D eigenvalue weighted by molar-refractivity contribution is 7.80. The lowest BCUT2D eigenvalue weighted by Crippen LogP contribution is -2.60. The van der Waals surface area contributed by atoms with E-state index in [-0.39, 0.29) is 24.4 Å². The first kappa shape index (κ1) is 10.4. The molecular formula is C9H13N3O2S. The average Bonchev–Trinajstić information content (AvgIpc) is 2.94. The SMILES string of the molecule is CC1C(=O)NC(=O)CN1C(=S)NC1CC1. The highest BCUT2D eigenvalue weighted by atomic mass is 32.1. The summed E-state index contributed by atoms with van der Waals surface area (Å²) in [5.74, 6) is -0.579. The van der Waals surface area contributed by atoms with Crippen LogP contribution in [0.25, 0.3) is 0 Å². The molecule has 2 N–H and O–H groups in total. The minimum absolute atomic E-state index is 0.158. The minimum Gasteiger partial charge on any atom is -0.360 e. The Bertz CT molecular complexity index is 327. The predicted octanol–water partition coefficient (Wildman–Crippen LogP) is -0.630. The highest BCUT2D eigenvalue weighted by Gasteiger charge is 2.33. The Labute approximate surface area is 93.2 Å². The molecule has 2 amide bonds. The van der Waals surface area contributed by atoms with E-state index in [1.54, 1.807) is 11.8 Å². The Balaban J connectivity index is 2.01. The van der Waals surface area contributed by atoms with Gasteiger partial charge in [0.2, 0.25) is 11.8 Å². The van der Waals surface area contributed by atoms with Crippen molar-refractivity contribution < 1.29 is 9.59 Å². The van der Waals surface area contributed by atoms with E-state index in [4.69, 9.17) is 12.2 Å². The molecule has 0 spiro atoms. The number of nitrogens with one attached hydrogen (secondary N) is 2. The maximum atomic E-state index is 11.4. The molecule has 2 fully saturated rings. The van der Waals surface area contributed by atoms with Crippen LogP contribution < -0.4 is 10.6 Å². The molecule has 1 aliphatic heterocycles. The number of amides is 2. The summed E-state index contributed by atoms with van der Waals surface area (Å²) in [7, 11) is 0. The summed E-state index contributed by atoms with van der Waals surface area (Å²) >= 11 is 5.16. The number of thiocarbonyl (C=S) groups is 1. The van der Waals surface area contributed by atoms with Crippen molar-refractivity contribution in [3.63, 3.8) is 0 Å². The third-order valence-electron chi connectivity index (χ3n) is 2.59. The summed E-state index contributed by atoms with van der Waals surface area (Å²) in [4.78, 5) is 24.2. The lowest BCUT2D eigenvalue weighted by Gasteiger charge is -2.33. The molecule has 0 radical (unpaired) electrons. The first-order chi connectivity index (χ1) is 7.08. The number of carbonyl (C=O) groups excluding carboxylic acids is 2. The van der Waals surface area contributed by atoms with Gasteiger partial charge in [-0.25, -0.2) is 0 Å². The van der Waals surface area contributed by atoms with Gasteiger partial charge in [0.15, 0.2) is 5.11 Å². The third-order valence-corrected chi connectivity index (χ3v) is 2.94. The van der Waals surface area contributed by atoms with E-state index >= 15 is 0 Å². The van der Waals surface area contributed by atoms with Gasteiger partial charge in [0.1, 0.15) is 12.6 Å².